The number of ether oxygens (including phenoxy) is 1. The van der Waals surface area contributed by atoms with E-state index in [0.29, 0.717) is 0 Å². The molecule has 110 valence electrons. The molecule has 1 aliphatic carbocycles. The molecule has 0 aromatic rings. The Morgan fingerprint density at radius 1 is 1.30 bits per heavy atom. The molecule has 0 radical (unpaired) electrons. The van der Waals surface area contributed by atoms with Gasteiger partial charge in [0.25, 0.3) is 0 Å². The number of hydrogen-bond donors (Lipinski definition) is 0. The first-order valence-electron chi connectivity index (χ1n) is 5.88. The Morgan fingerprint density at radius 2 is 1.80 bits per heavy atom. The molecule has 0 aromatic carbocycles. The molecule has 10 heteroatoms. The Labute approximate surface area is 156 Å². The van der Waals surface area contributed by atoms with Gasteiger partial charge in [0, 0.05) is 24.3 Å². The molecule has 1 heterocycles. The van der Waals surface area contributed by atoms with Gasteiger partial charge in [-0.1, -0.05) is 0 Å². The zero-order valence-corrected chi connectivity index (χ0v) is 14.8. The van der Waals surface area contributed by atoms with Crippen LogP contribution in [0.1, 0.15) is 20.8 Å². The summed E-state index contributed by atoms with van der Waals surface area (Å²) in [5.41, 5.74) is -0.872. The first-order chi connectivity index (χ1) is 8.33. The molecule has 0 aromatic heterocycles. The van der Waals surface area contributed by atoms with Crippen molar-refractivity contribution >= 4 is 13.1 Å². The molecule has 2 fully saturated rings. The summed E-state index contributed by atoms with van der Waals surface area (Å²) in [5, 5.41) is -3.02. The third-order valence-corrected chi connectivity index (χ3v) is 3.69. The molecule has 0 N–H and O–H groups in total. The Bertz CT molecular complexity index is 413. The van der Waals surface area contributed by atoms with Crippen LogP contribution in [0.25, 0.3) is 0 Å². The molecule has 1 amide bonds. The molecule has 2 aliphatic rings. The van der Waals surface area contributed by atoms with E-state index in [-0.39, 0.29) is 51.4 Å². The number of nitrogens with zero attached hydrogens (tertiary/aromatic N) is 1. The number of piperidine rings is 1. The van der Waals surface area contributed by atoms with Crippen molar-refractivity contribution < 1.29 is 82.6 Å². The summed E-state index contributed by atoms with van der Waals surface area (Å²) in [4.78, 5) is 12.3. The van der Waals surface area contributed by atoms with Crippen LogP contribution in [-0.2, 0) is 4.74 Å². The standard InChI is InChI=1S/C10H14BF5NO2.K/c1-8(2,3)19-7(18)17-4-6-9(5-17,10(6,12)13)11(14,15)16;/h6H,4-5H2,1-3H3;/q-1;+1/t6-,9-;/m0./s1. The fourth-order valence-corrected chi connectivity index (χ4v) is 2.66. The molecule has 3 nitrogen and oxygen atoms in total. The SMILES string of the molecule is CC(C)(C)OC(=O)N1C[C@@H]2C(F)(F)[C@]2([B-](F)(F)F)C1.[K+]. The van der Waals surface area contributed by atoms with Crippen molar-refractivity contribution in [2.24, 2.45) is 5.92 Å². The summed E-state index contributed by atoms with van der Waals surface area (Å²) in [6.45, 7) is -2.67. The van der Waals surface area contributed by atoms with Gasteiger partial charge < -0.3 is 22.6 Å². The molecule has 0 bridgehead atoms. The molecule has 1 aliphatic heterocycles. The summed E-state index contributed by atoms with van der Waals surface area (Å²) in [6, 6.07) is 0. The van der Waals surface area contributed by atoms with Crippen molar-refractivity contribution in [1.29, 1.82) is 0 Å². The third kappa shape index (κ3) is 2.66. The van der Waals surface area contributed by atoms with Gasteiger partial charge in [-0.25, -0.2) is 13.6 Å². The molecular weight excluding hydrogens is 311 g/mol. The first kappa shape index (κ1) is 18.7. The number of likely N-dealkylation sites (tertiary alicyclic amines) is 1. The molecule has 1 saturated heterocycles. The normalized spacial score (nSPS) is 31.4. The van der Waals surface area contributed by atoms with Gasteiger partial charge in [-0.05, 0) is 20.8 Å². The molecule has 0 unspecified atom stereocenters. The van der Waals surface area contributed by atoms with E-state index in [1.807, 2.05) is 0 Å². The van der Waals surface area contributed by atoms with E-state index in [1.165, 1.54) is 0 Å². The largest absolute Gasteiger partial charge is 1.00 e. The summed E-state index contributed by atoms with van der Waals surface area (Å²) < 4.78 is 70.0. The van der Waals surface area contributed by atoms with Gasteiger partial charge in [-0.15, -0.1) is 0 Å². The Kier molecular flexibility index (Phi) is 4.74. The van der Waals surface area contributed by atoms with Crippen LogP contribution in [0.15, 0.2) is 0 Å². The summed E-state index contributed by atoms with van der Waals surface area (Å²) >= 11 is 0. The Morgan fingerprint density at radius 3 is 2.15 bits per heavy atom. The number of carbonyl (C=O) groups is 1. The molecule has 0 spiro atoms. The number of halogens is 5. The van der Waals surface area contributed by atoms with E-state index < -0.39 is 48.9 Å². The van der Waals surface area contributed by atoms with Crippen LogP contribution in [0.2, 0.25) is 5.31 Å². The average Bonchev–Trinajstić information content (AvgIpc) is 2.56. The molecule has 1 saturated carbocycles. The van der Waals surface area contributed by atoms with Crippen LogP contribution in [0.3, 0.4) is 0 Å². The van der Waals surface area contributed by atoms with Crippen molar-refractivity contribution in [2.45, 2.75) is 37.6 Å². The predicted molar refractivity (Wildman–Crippen MR) is 58.0 cm³/mol. The maximum Gasteiger partial charge on any atom is 1.00 e. The summed E-state index contributed by atoms with van der Waals surface area (Å²) in [7, 11) is 0. The van der Waals surface area contributed by atoms with Crippen molar-refractivity contribution in [1.82, 2.24) is 4.90 Å². The number of alkyl halides is 2. The number of fused-ring (bicyclic) bond motifs is 1. The minimum atomic E-state index is -5.72. The minimum absolute atomic E-state index is 0. The number of rotatable bonds is 1. The molecule has 20 heavy (non-hydrogen) atoms. The fraction of sp³-hybridized carbons (Fsp3) is 0.900. The Hall–Kier alpha value is 0.621. The smallest absolute Gasteiger partial charge is 0.448 e. The monoisotopic (exact) mass is 325 g/mol. The fourth-order valence-electron chi connectivity index (χ4n) is 2.66. The van der Waals surface area contributed by atoms with Gasteiger partial charge >= 0.3 is 64.5 Å². The molecule has 2 rings (SSSR count). The van der Waals surface area contributed by atoms with Gasteiger partial charge in [0.05, 0.1) is 0 Å². The van der Waals surface area contributed by atoms with Crippen molar-refractivity contribution in [3.63, 3.8) is 0 Å². The van der Waals surface area contributed by atoms with E-state index in [2.05, 4.69) is 0 Å². The van der Waals surface area contributed by atoms with Gasteiger partial charge in [-0.2, -0.15) is 0 Å². The zero-order chi connectivity index (χ0) is 14.9. The van der Waals surface area contributed by atoms with E-state index in [4.69, 9.17) is 4.74 Å². The second kappa shape index (κ2) is 5.07. The van der Waals surface area contributed by atoms with Crippen LogP contribution in [0.5, 0.6) is 0 Å². The number of amides is 1. The minimum Gasteiger partial charge on any atom is -0.448 e. The van der Waals surface area contributed by atoms with Crippen molar-refractivity contribution in [3.05, 3.63) is 0 Å². The van der Waals surface area contributed by atoms with E-state index in [1.54, 1.807) is 20.8 Å². The molecule has 2 atom stereocenters. The quantitative estimate of drug-likeness (QED) is 0.505. The van der Waals surface area contributed by atoms with Crippen LogP contribution >= 0.6 is 0 Å². The van der Waals surface area contributed by atoms with Gasteiger partial charge in [0.1, 0.15) is 5.60 Å². The Balaban J connectivity index is 0.00000200. The van der Waals surface area contributed by atoms with Crippen molar-refractivity contribution in [3.8, 4) is 0 Å². The summed E-state index contributed by atoms with van der Waals surface area (Å²) in [6.07, 6.45) is -0.977. The van der Waals surface area contributed by atoms with Crippen LogP contribution in [0.4, 0.5) is 26.5 Å². The average molecular weight is 325 g/mol. The van der Waals surface area contributed by atoms with Crippen molar-refractivity contribution in [2.75, 3.05) is 13.1 Å². The topological polar surface area (TPSA) is 29.5 Å². The number of hydrogen-bond acceptors (Lipinski definition) is 2. The van der Waals surface area contributed by atoms with Crippen LogP contribution < -0.4 is 51.4 Å². The predicted octanol–water partition coefficient (Wildman–Crippen LogP) is 0.0940. The van der Waals surface area contributed by atoms with E-state index in [9.17, 15) is 26.5 Å². The maximum absolute atomic E-state index is 13.3. The third-order valence-electron chi connectivity index (χ3n) is 3.69. The first-order valence-corrected chi connectivity index (χ1v) is 5.88. The van der Waals surface area contributed by atoms with Gasteiger partial charge in [-0.3, -0.25) is 0 Å². The second-order valence-corrected chi connectivity index (χ2v) is 6.15. The van der Waals surface area contributed by atoms with E-state index in [0.717, 1.165) is 4.90 Å². The van der Waals surface area contributed by atoms with E-state index >= 15 is 0 Å². The van der Waals surface area contributed by atoms with Gasteiger partial charge in [0.2, 0.25) is 5.92 Å². The number of carbonyl (C=O) groups excluding carboxylic acids is 1. The zero-order valence-electron chi connectivity index (χ0n) is 11.7. The van der Waals surface area contributed by atoms with Crippen LogP contribution in [-0.4, -0.2) is 42.6 Å². The van der Waals surface area contributed by atoms with Crippen LogP contribution in [0, 0.1) is 5.92 Å². The summed E-state index contributed by atoms with van der Waals surface area (Å²) in [5.74, 6) is -5.59. The molecular formula is C10H14BF5KNO2. The second-order valence-electron chi connectivity index (χ2n) is 6.15. The maximum atomic E-state index is 13.3. The van der Waals surface area contributed by atoms with Gasteiger partial charge in [0.15, 0.2) is 0 Å².